The molecule has 13 nitrogen and oxygen atoms in total. The monoisotopic (exact) mass is 513 g/mol. The van der Waals surface area contributed by atoms with Gasteiger partial charge in [-0.2, -0.15) is 11.8 Å². The number of hydrogen-bond donors (Lipinski definition) is 7. The van der Waals surface area contributed by atoms with Crippen LogP contribution < -0.4 is 27.4 Å². The van der Waals surface area contributed by atoms with Crippen molar-refractivity contribution >= 4 is 41.4 Å². The van der Waals surface area contributed by atoms with E-state index in [-0.39, 0.29) is 19.3 Å². The number of thioether (sulfide) groups is 1. The molecular formula is C21H35N7O6S. The largest absolute Gasteiger partial charge is 0.480 e. The lowest BCUT2D eigenvalue weighted by Crippen LogP contribution is -2.58. The second-order valence-electron chi connectivity index (χ2n) is 8.36. The zero-order valence-electron chi connectivity index (χ0n) is 20.1. The first-order valence-corrected chi connectivity index (χ1v) is 12.5. The molecule has 4 amide bonds. The standard InChI is InChI=1S/C21H35N7O6S/c1-11(2)17(20(32)27-15(21(33)34)8-12-9-24-10-25-12)28-19(31)14(4-5-16(23)29)26-18(30)13(22)6-7-35-3/h9-11,13-15,17H,4-8,22H2,1-3H3,(H2,23,29)(H,24,25)(H,26,30)(H,27,32)(H,28,31)(H,33,34). The molecule has 1 aromatic heterocycles. The first kappa shape index (κ1) is 29.9. The Kier molecular flexibility index (Phi) is 12.8. The van der Waals surface area contributed by atoms with Crippen LogP contribution in [0.3, 0.4) is 0 Å². The molecule has 0 bridgehead atoms. The van der Waals surface area contributed by atoms with Gasteiger partial charge in [0.25, 0.3) is 0 Å². The van der Waals surface area contributed by atoms with Crippen LogP contribution in [0.15, 0.2) is 12.5 Å². The maximum Gasteiger partial charge on any atom is 0.326 e. The topological polar surface area (TPSA) is 222 Å². The van der Waals surface area contributed by atoms with E-state index >= 15 is 0 Å². The van der Waals surface area contributed by atoms with Gasteiger partial charge in [0.1, 0.15) is 18.1 Å². The van der Waals surface area contributed by atoms with Crippen LogP contribution in [0.4, 0.5) is 0 Å². The fraction of sp³-hybridized carbons (Fsp3) is 0.619. The molecule has 0 saturated carbocycles. The highest BCUT2D eigenvalue weighted by Gasteiger charge is 2.32. The molecule has 0 aliphatic rings. The van der Waals surface area contributed by atoms with Crippen LogP contribution in [0, 0.1) is 5.92 Å². The highest BCUT2D eigenvalue weighted by Crippen LogP contribution is 2.08. The van der Waals surface area contributed by atoms with Gasteiger partial charge in [0.15, 0.2) is 0 Å². The Bertz CT molecular complexity index is 864. The summed E-state index contributed by atoms with van der Waals surface area (Å²) < 4.78 is 0. The summed E-state index contributed by atoms with van der Waals surface area (Å²) in [5.74, 6) is -3.69. The number of aromatic amines is 1. The van der Waals surface area contributed by atoms with E-state index < -0.39 is 59.7 Å². The Morgan fingerprint density at radius 3 is 2.23 bits per heavy atom. The van der Waals surface area contributed by atoms with E-state index in [1.54, 1.807) is 13.8 Å². The summed E-state index contributed by atoms with van der Waals surface area (Å²) in [5.41, 5.74) is 11.6. The van der Waals surface area contributed by atoms with Crippen molar-refractivity contribution in [3.63, 3.8) is 0 Å². The maximum absolute atomic E-state index is 13.0. The van der Waals surface area contributed by atoms with Crippen molar-refractivity contribution in [1.82, 2.24) is 25.9 Å². The SMILES string of the molecule is CSCCC(N)C(=O)NC(CCC(N)=O)C(=O)NC(C(=O)NC(Cc1cnc[nH]1)C(=O)O)C(C)C. The Hall–Kier alpha value is -3.13. The molecule has 35 heavy (non-hydrogen) atoms. The number of carboxylic acids is 1. The molecule has 196 valence electrons. The molecule has 14 heteroatoms. The minimum Gasteiger partial charge on any atom is -0.480 e. The molecule has 1 heterocycles. The van der Waals surface area contributed by atoms with Gasteiger partial charge in [0.05, 0.1) is 12.4 Å². The molecule has 4 atom stereocenters. The number of hydrogen-bond acceptors (Lipinski definition) is 8. The summed E-state index contributed by atoms with van der Waals surface area (Å²) in [6.45, 7) is 3.34. The summed E-state index contributed by atoms with van der Waals surface area (Å²) in [4.78, 5) is 67.8. The van der Waals surface area contributed by atoms with Crippen LogP contribution in [-0.2, 0) is 30.4 Å². The number of carbonyl (C=O) groups is 5. The summed E-state index contributed by atoms with van der Waals surface area (Å²) in [6, 6.07) is -4.39. The van der Waals surface area contributed by atoms with Gasteiger partial charge < -0.3 is 37.5 Å². The lowest BCUT2D eigenvalue weighted by molar-refractivity contribution is -0.142. The van der Waals surface area contributed by atoms with E-state index in [9.17, 15) is 29.1 Å². The lowest BCUT2D eigenvalue weighted by atomic mass is 10.0. The maximum atomic E-state index is 13.0. The van der Waals surface area contributed by atoms with E-state index in [2.05, 4.69) is 25.9 Å². The second kappa shape index (κ2) is 15.0. The predicted molar refractivity (Wildman–Crippen MR) is 130 cm³/mol. The number of aliphatic carboxylic acids is 1. The lowest BCUT2D eigenvalue weighted by Gasteiger charge is -2.27. The minimum absolute atomic E-state index is 0.0366. The van der Waals surface area contributed by atoms with Crippen molar-refractivity contribution in [3.8, 4) is 0 Å². The normalized spacial score (nSPS) is 14.4. The molecule has 0 aliphatic carbocycles. The molecule has 0 saturated heterocycles. The van der Waals surface area contributed by atoms with Crippen molar-refractivity contribution in [2.45, 2.75) is 63.7 Å². The number of rotatable bonds is 16. The number of nitrogens with one attached hydrogen (secondary N) is 4. The van der Waals surface area contributed by atoms with Crippen LogP contribution in [0.2, 0.25) is 0 Å². The number of carbonyl (C=O) groups excluding carboxylic acids is 4. The van der Waals surface area contributed by atoms with E-state index in [0.717, 1.165) is 0 Å². The number of aromatic nitrogens is 2. The molecule has 1 aromatic rings. The quantitative estimate of drug-likeness (QED) is 0.136. The third-order valence-electron chi connectivity index (χ3n) is 5.12. The fourth-order valence-corrected chi connectivity index (χ4v) is 3.57. The van der Waals surface area contributed by atoms with Gasteiger partial charge in [-0.15, -0.1) is 0 Å². The molecule has 0 aromatic carbocycles. The first-order valence-electron chi connectivity index (χ1n) is 11.1. The van der Waals surface area contributed by atoms with Crippen molar-refractivity contribution in [2.75, 3.05) is 12.0 Å². The molecule has 0 aliphatic heterocycles. The Balaban J connectivity index is 2.93. The predicted octanol–water partition coefficient (Wildman–Crippen LogP) is -1.51. The molecule has 0 fully saturated rings. The summed E-state index contributed by atoms with van der Waals surface area (Å²) in [6.07, 6.45) is 4.79. The van der Waals surface area contributed by atoms with Gasteiger partial charge in [-0.25, -0.2) is 9.78 Å². The number of carboxylic acid groups (broad SMARTS) is 1. The zero-order chi connectivity index (χ0) is 26.5. The minimum atomic E-state index is -1.26. The van der Waals surface area contributed by atoms with E-state index in [1.165, 1.54) is 24.3 Å². The van der Waals surface area contributed by atoms with Crippen LogP contribution in [0.5, 0.6) is 0 Å². The summed E-state index contributed by atoms with van der Waals surface area (Å²) in [5, 5.41) is 17.0. The van der Waals surface area contributed by atoms with Crippen molar-refractivity contribution < 1.29 is 29.1 Å². The molecule has 9 N–H and O–H groups in total. The highest BCUT2D eigenvalue weighted by atomic mass is 32.2. The fourth-order valence-electron chi connectivity index (χ4n) is 3.08. The van der Waals surface area contributed by atoms with Gasteiger partial charge in [-0.05, 0) is 30.8 Å². The van der Waals surface area contributed by atoms with Gasteiger partial charge in [-0.1, -0.05) is 13.8 Å². The zero-order valence-corrected chi connectivity index (χ0v) is 20.9. The number of nitrogens with two attached hydrogens (primary N) is 2. The number of H-pyrrole nitrogens is 1. The number of nitrogens with zero attached hydrogens (tertiary/aromatic N) is 1. The van der Waals surface area contributed by atoms with Crippen LogP contribution >= 0.6 is 11.8 Å². The molecule has 1 rings (SSSR count). The Morgan fingerprint density at radius 2 is 1.71 bits per heavy atom. The Labute approximate surface area is 207 Å². The third kappa shape index (κ3) is 10.8. The van der Waals surface area contributed by atoms with Gasteiger partial charge in [0.2, 0.25) is 23.6 Å². The number of primary amides is 1. The first-order chi connectivity index (χ1) is 16.5. The highest BCUT2D eigenvalue weighted by molar-refractivity contribution is 7.98. The van der Waals surface area contributed by atoms with E-state index in [4.69, 9.17) is 11.5 Å². The summed E-state index contributed by atoms with van der Waals surface area (Å²) >= 11 is 1.52. The smallest absolute Gasteiger partial charge is 0.326 e. The Morgan fingerprint density at radius 1 is 1.06 bits per heavy atom. The molecule has 4 unspecified atom stereocenters. The van der Waals surface area contributed by atoms with Crippen molar-refractivity contribution in [2.24, 2.45) is 17.4 Å². The van der Waals surface area contributed by atoms with Crippen LogP contribution in [0.25, 0.3) is 0 Å². The molecule has 0 radical (unpaired) electrons. The average Bonchev–Trinajstić information content (AvgIpc) is 3.30. The van der Waals surface area contributed by atoms with Crippen LogP contribution in [-0.4, -0.2) is 80.8 Å². The van der Waals surface area contributed by atoms with E-state index in [0.29, 0.717) is 17.9 Å². The second-order valence-corrected chi connectivity index (χ2v) is 9.35. The van der Waals surface area contributed by atoms with Crippen LogP contribution in [0.1, 0.15) is 38.8 Å². The third-order valence-corrected chi connectivity index (χ3v) is 5.77. The van der Waals surface area contributed by atoms with Gasteiger partial charge >= 0.3 is 5.97 Å². The molecule has 0 spiro atoms. The number of imidazole rings is 1. The number of amides is 4. The van der Waals surface area contributed by atoms with Crippen molar-refractivity contribution in [1.29, 1.82) is 0 Å². The average molecular weight is 514 g/mol. The van der Waals surface area contributed by atoms with Gasteiger partial charge in [-0.3, -0.25) is 19.2 Å². The van der Waals surface area contributed by atoms with Gasteiger partial charge in [0, 0.05) is 24.7 Å². The molecular weight excluding hydrogens is 478 g/mol. The van der Waals surface area contributed by atoms with Crippen molar-refractivity contribution in [3.05, 3.63) is 18.2 Å². The summed E-state index contributed by atoms with van der Waals surface area (Å²) in [7, 11) is 0. The van der Waals surface area contributed by atoms with E-state index in [1.807, 2.05) is 6.26 Å².